The number of carbonyl (C=O) groups is 2. The van der Waals surface area contributed by atoms with Gasteiger partial charge in [-0.15, -0.1) is 0 Å². The standard InChI is InChI=1S/C28H35F3N6O2.CH4/c1-4-5-6-9-32-27(38)17-35(25-12-24-22(10-19(25)2)13-36(33-24)16-26(30)31)18-28(39)34(3)37-14-20-7-8-23(29)11-21(20)15-37;/h7-8,10-13,26H,4-6,9,14-18H2,1-3H3,(H,32,38);1H4. The fourth-order valence-corrected chi connectivity index (χ4v) is 4.84. The first-order chi connectivity index (χ1) is 18.6. The van der Waals surface area contributed by atoms with Gasteiger partial charge in [0.1, 0.15) is 12.4 Å². The Balaban J connectivity index is 0.00000441. The molecule has 1 aliphatic rings. The number of likely N-dealkylation sites (N-methyl/N-ethyl adjacent to an activating group) is 1. The highest BCUT2D eigenvalue weighted by molar-refractivity contribution is 5.90. The van der Waals surface area contributed by atoms with E-state index < -0.39 is 13.0 Å². The van der Waals surface area contributed by atoms with Crippen molar-refractivity contribution in [2.45, 2.75) is 66.6 Å². The number of anilines is 1. The number of nitrogens with zero attached hydrogens (tertiary/aromatic N) is 5. The first kappa shape index (κ1) is 30.9. The molecule has 2 heterocycles. The molecule has 0 spiro atoms. The van der Waals surface area contributed by atoms with Crippen molar-refractivity contribution < 1.29 is 22.8 Å². The zero-order valence-corrected chi connectivity index (χ0v) is 22.6. The molecule has 0 saturated carbocycles. The molecule has 0 bridgehead atoms. The molecular weight excluding hydrogens is 521 g/mol. The lowest BCUT2D eigenvalue weighted by Crippen LogP contribution is -2.48. The molecule has 0 radical (unpaired) electrons. The molecular formula is C29H39F3N6O2. The zero-order valence-electron chi connectivity index (χ0n) is 22.6. The smallest absolute Gasteiger partial charge is 0.257 e. The summed E-state index contributed by atoms with van der Waals surface area (Å²) in [5.74, 6) is -0.777. The number of halogens is 3. The number of hydrazine groups is 1. The number of hydrogen-bond acceptors (Lipinski definition) is 5. The van der Waals surface area contributed by atoms with Gasteiger partial charge in [-0.3, -0.25) is 19.3 Å². The largest absolute Gasteiger partial charge is 0.355 e. The Hall–Kier alpha value is -3.60. The summed E-state index contributed by atoms with van der Waals surface area (Å²) in [4.78, 5) is 28.0. The Morgan fingerprint density at radius 3 is 2.58 bits per heavy atom. The molecule has 2 aromatic carbocycles. The fraction of sp³-hybridized carbons (Fsp3) is 0.483. The summed E-state index contributed by atoms with van der Waals surface area (Å²) in [5, 5.41) is 11.2. The summed E-state index contributed by atoms with van der Waals surface area (Å²) in [6.07, 6.45) is 1.94. The van der Waals surface area contributed by atoms with E-state index in [0.717, 1.165) is 36.0 Å². The van der Waals surface area contributed by atoms with Crippen molar-refractivity contribution in [3.8, 4) is 0 Å². The second-order valence-electron chi connectivity index (χ2n) is 10.0. The predicted molar refractivity (Wildman–Crippen MR) is 150 cm³/mol. The highest BCUT2D eigenvalue weighted by atomic mass is 19.3. The minimum atomic E-state index is -2.53. The van der Waals surface area contributed by atoms with Crippen LogP contribution in [0.15, 0.2) is 36.5 Å². The molecule has 218 valence electrons. The van der Waals surface area contributed by atoms with Crippen molar-refractivity contribution in [1.29, 1.82) is 0 Å². The first-order valence-electron chi connectivity index (χ1n) is 13.2. The van der Waals surface area contributed by atoms with Crippen LogP contribution in [0.3, 0.4) is 0 Å². The number of rotatable bonds is 12. The minimum Gasteiger partial charge on any atom is -0.355 e. The van der Waals surface area contributed by atoms with E-state index in [0.29, 0.717) is 36.2 Å². The van der Waals surface area contributed by atoms with Crippen LogP contribution in [-0.2, 0) is 29.2 Å². The summed E-state index contributed by atoms with van der Waals surface area (Å²) in [5.41, 5.74) is 3.71. The Kier molecular flexibility index (Phi) is 10.6. The van der Waals surface area contributed by atoms with Gasteiger partial charge in [0.2, 0.25) is 5.91 Å². The van der Waals surface area contributed by atoms with E-state index in [1.807, 2.05) is 18.0 Å². The Morgan fingerprint density at radius 1 is 1.10 bits per heavy atom. The van der Waals surface area contributed by atoms with E-state index in [-0.39, 0.29) is 38.1 Å². The van der Waals surface area contributed by atoms with Crippen molar-refractivity contribution in [2.75, 3.05) is 31.6 Å². The molecule has 4 rings (SSSR count). The van der Waals surface area contributed by atoms with Gasteiger partial charge in [0.05, 0.1) is 18.6 Å². The topological polar surface area (TPSA) is 73.7 Å². The molecule has 8 nitrogen and oxygen atoms in total. The van der Waals surface area contributed by atoms with Crippen molar-refractivity contribution >= 4 is 28.4 Å². The number of aromatic nitrogens is 2. The van der Waals surface area contributed by atoms with E-state index in [1.165, 1.54) is 21.8 Å². The van der Waals surface area contributed by atoms with Crippen LogP contribution in [0.5, 0.6) is 0 Å². The average molecular weight is 561 g/mol. The summed E-state index contributed by atoms with van der Waals surface area (Å²) in [6.45, 7) is 4.70. The zero-order chi connectivity index (χ0) is 28.1. The second-order valence-corrected chi connectivity index (χ2v) is 10.0. The average Bonchev–Trinajstić information content (AvgIpc) is 3.47. The van der Waals surface area contributed by atoms with Crippen molar-refractivity contribution in [1.82, 2.24) is 25.1 Å². The normalized spacial score (nSPS) is 12.9. The van der Waals surface area contributed by atoms with Crippen LogP contribution < -0.4 is 10.2 Å². The summed E-state index contributed by atoms with van der Waals surface area (Å²) in [7, 11) is 1.66. The Morgan fingerprint density at radius 2 is 1.85 bits per heavy atom. The number of aryl methyl sites for hydroxylation is 1. The number of fused-ring (bicyclic) bond motifs is 2. The molecule has 0 fully saturated rings. The molecule has 0 atom stereocenters. The van der Waals surface area contributed by atoms with Crippen molar-refractivity contribution in [3.05, 3.63) is 59.0 Å². The van der Waals surface area contributed by atoms with Crippen LogP contribution in [0.2, 0.25) is 0 Å². The second kappa shape index (κ2) is 13.6. The summed E-state index contributed by atoms with van der Waals surface area (Å²) in [6, 6.07) is 8.18. The van der Waals surface area contributed by atoms with Gasteiger partial charge in [-0.05, 0) is 54.3 Å². The number of unbranched alkanes of at least 4 members (excludes halogenated alkanes) is 2. The molecule has 3 aromatic rings. The molecule has 0 saturated heterocycles. The molecule has 40 heavy (non-hydrogen) atoms. The number of hydrogen-bond donors (Lipinski definition) is 1. The Labute approximate surface area is 233 Å². The van der Waals surface area contributed by atoms with E-state index in [2.05, 4.69) is 17.3 Å². The molecule has 2 amide bonds. The van der Waals surface area contributed by atoms with Crippen LogP contribution >= 0.6 is 0 Å². The maximum atomic E-state index is 13.7. The van der Waals surface area contributed by atoms with Crippen molar-refractivity contribution in [2.24, 2.45) is 0 Å². The van der Waals surface area contributed by atoms with E-state index >= 15 is 0 Å². The van der Waals surface area contributed by atoms with Crippen LogP contribution in [0.4, 0.5) is 18.9 Å². The monoisotopic (exact) mass is 560 g/mol. The minimum absolute atomic E-state index is 0. The van der Waals surface area contributed by atoms with Gasteiger partial charge in [-0.2, -0.15) is 5.10 Å². The van der Waals surface area contributed by atoms with E-state index in [4.69, 9.17) is 0 Å². The van der Waals surface area contributed by atoms with Crippen LogP contribution in [0.25, 0.3) is 10.9 Å². The van der Waals surface area contributed by atoms with E-state index in [9.17, 15) is 22.8 Å². The SMILES string of the molecule is C.CCCCCNC(=O)CN(CC(=O)N(C)N1Cc2ccc(F)cc2C1)c1cc2nn(CC(F)F)cc2cc1C. The number of alkyl halides is 2. The summed E-state index contributed by atoms with van der Waals surface area (Å²) >= 11 is 0. The third-order valence-corrected chi connectivity index (χ3v) is 6.96. The van der Waals surface area contributed by atoms with E-state index in [1.54, 1.807) is 30.3 Å². The van der Waals surface area contributed by atoms with Crippen LogP contribution in [-0.4, -0.2) is 64.7 Å². The fourth-order valence-electron chi connectivity index (χ4n) is 4.84. The molecule has 1 aromatic heterocycles. The molecule has 1 N–H and O–H groups in total. The lowest BCUT2D eigenvalue weighted by Gasteiger charge is -2.32. The molecule has 0 aliphatic carbocycles. The maximum Gasteiger partial charge on any atom is 0.257 e. The third kappa shape index (κ3) is 7.53. The quantitative estimate of drug-likeness (QED) is 0.320. The highest BCUT2D eigenvalue weighted by Crippen LogP contribution is 2.28. The number of amides is 2. The first-order valence-corrected chi connectivity index (χ1v) is 13.2. The van der Waals surface area contributed by atoms with Gasteiger partial charge < -0.3 is 10.2 Å². The van der Waals surface area contributed by atoms with Gasteiger partial charge in [0, 0.05) is 44.0 Å². The van der Waals surface area contributed by atoms with Gasteiger partial charge in [-0.1, -0.05) is 33.3 Å². The number of nitrogens with one attached hydrogen (secondary N) is 1. The third-order valence-electron chi connectivity index (χ3n) is 6.96. The number of carbonyl (C=O) groups excluding carboxylic acids is 2. The highest BCUT2D eigenvalue weighted by Gasteiger charge is 2.27. The van der Waals surface area contributed by atoms with Gasteiger partial charge in [0.15, 0.2) is 0 Å². The number of benzene rings is 2. The molecule has 11 heteroatoms. The summed E-state index contributed by atoms with van der Waals surface area (Å²) < 4.78 is 40.7. The lowest BCUT2D eigenvalue weighted by atomic mass is 10.1. The Bertz CT molecular complexity index is 1330. The van der Waals surface area contributed by atoms with Crippen LogP contribution in [0, 0.1) is 12.7 Å². The lowest BCUT2D eigenvalue weighted by molar-refractivity contribution is -0.145. The molecule has 0 unspecified atom stereocenters. The van der Waals surface area contributed by atoms with Gasteiger partial charge in [0.25, 0.3) is 12.3 Å². The van der Waals surface area contributed by atoms with Gasteiger partial charge in [-0.25, -0.2) is 18.2 Å². The van der Waals surface area contributed by atoms with Crippen LogP contribution in [0.1, 0.15) is 50.3 Å². The molecule has 1 aliphatic heterocycles. The predicted octanol–water partition coefficient (Wildman–Crippen LogP) is 4.89. The van der Waals surface area contributed by atoms with Gasteiger partial charge >= 0.3 is 0 Å². The maximum absolute atomic E-state index is 13.7. The van der Waals surface area contributed by atoms with Crippen molar-refractivity contribution in [3.63, 3.8) is 0 Å².